The number of rotatable bonds is 6. The van der Waals surface area contributed by atoms with E-state index in [0.717, 1.165) is 12.1 Å². The number of hydrogen-bond acceptors (Lipinski definition) is 5. The predicted octanol–water partition coefficient (Wildman–Crippen LogP) is 4.94. The third kappa shape index (κ3) is 4.17. The molecule has 2 aromatic carbocycles. The van der Waals surface area contributed by atoms with Crippen LogP contribution in [0.2, 0.25) is 0 Å². The number of halogens is 3. The summed E-state index contributed by atoms with van der Waals surface area (Å²) in [7, 11) is 2.96. The molecule has 1 heterocycles. The van der Waals surface area contributed by atoms with E-state index in [1.807, 2.05) is 6.92 Å². The molecule has 1 aliphatic heterocycles. The van der Waals surface area contributed by atoms with Crippen molar-refractivity contribution in [1.29, 1.82) is 0 Å². The van der Waals surface area contributed by atoms with Gasteiger partial charge in [0.05, 0.1) is 25.4 Å². The van der Waals surface area contributed by atoms with Crippen LogP contribution in [0, 0.1) is 0 Å². The Morgan fingerprint density at radius 3 is 2.27 bits per heavy atom. The van der Waals surface area contributed by atoms with Crippen LogP contribution in [0.4, 0.5) is 13.2 Å². The van der Waals surface area contributed by atoms with E-state index in [1.54, 1.807) is 18.2 Å². The summed E-state index contributed by atoms with van der Waals surface area (Å²) in [5, 5.41) is 0. The van der Waals surface area contributed by atoms with E-state index in [0.29, 0.717) is 23.5 Å². The summed E-state index contributed by atoms with van der Waals surface area (Å²) >= 11 is 0. The Labute approximate surface area is 171 Å². The fourth-order valence-electron chi connectivity index (χ4n) is 3.18. The highest BCUT2D eigenvalue weighted by atomic mass is 19.4. The summed E-state index contributed by atoms with van der Waals surface area (Å²) in [4.78, 5) is 17.0. The predicted molar refractivity (Wildman–Crippen MR) is 105 cm³/mol. The molecule has 30 heavy (non-hydrogen) atoms. The largest absolute Gasteiger partial charge is 0.493 e. The normalized spacial score (nSPS) is 18.1. The topological polar surface area (TPSA) is 57.1 Å². The van der Waals surface area contributed by atoms with Crippen LogP contribution in [0.15, 0.2) is 59.1 Å². The molecule has 0 saturated carbocycles. The van der Waals surface area contributed by atoms with Crippen molar-refractivity contribution >= 4 is 12.2 Å². The van der Waals surface area contributed by atoms with Crippen molar-refractivity contribution in [2.45, 2.75) is 25.1 Å². The van der Waals surface area contributed by atoms with Crippen molar-refractivity contribution in [3.05, 3.63) is 65.2 Å². The van der Waals surface area contributed by atoms with Crippen LogP contribution < -0.4 is 14.2 Å². The first-order chi connectivity index (χ1) is 14.2. The minimum absolute atomic E-state index is 0.214. The second-order valence-electron chi connectivity index (χ2n) is 6.62. The van der Waals surface area contributed by atoms with E-state index in [-0.39, 0.29) is 11.3 Å². The molecule has 0 fully saturated rings. The highest BCUT2D eigenvalue weighted by Gasteiger charge is 2.35. The summed E-state index contributed by atoms with van der Waals surface area (Å²) in [5.74, 6) is 0.527. The molecular weight excluding hydrogens is 399 g/mol. The molecule has 0 radical (unpaired) electrons. The molecule has 5 nitrogen and oxygen atoms in total. The number of benzene rings is 2. The van der Waals surface area contributed by atoms with E-state index in [4.69, 9.17) is 14.2 Å². The highest BCUT2D eigenvalue weighted by molar-refractivity contribution is 6.11. The molecule has 1 atom stereocenters. The first-order valence-electron chi connectivity index (χ1n) is 9.12. The average molecular weight is 419 g/mol. The van der Waals surface area contributed by atoms with E-state index in [9.17, 15) is 18.0 Å². The number of ether oxygens (including phenoxy) is 3. The SMILES string of the molecule is CCC1(c2ccc(C(F)(F)F)cc2)C=C(C(=O)Oc2ccc(OC)c(OC)c2)C=N1. The van der Waals surface area contributed by atoms with Crippen LogP contribution in [-0.4, -0.2) is 26.4 Å². The van der Waals surface area contributed by atoms with Gasteiger partial charge in [-0.05, 0) is 42.3 Å². The first kappa shape index (κ1) is 21.4. The Morgan fingerprint density at radius 2 is 1.70 bits per heavy atom. The summed E-state index contributed by atoms with van der Waals surface area (Å²) < 4.78 is 54.2. The van der Waals surface area contributed by atoms with Crippen LogP contribution in [0.25, 0.3) is 0 Å². The molecule has 3 rings (SSSR count). The van der Waals surface area contributed by atoms with Gasteiger partial charge in [0.1, 0.15) is 11.3 Å². The maximum absolute atomic E-state index is 12.8. The maximum atomic E-state index is 12.8. The van der Waals surface area contributed by atoms with Crippen molar-refractivity contribution in [3.63, 3.8) is 0 Å². The Kier molecular flexibility index (Phi) is 5.87. The molecular formula is C22H20F3NO4. The van der Waals surface area contributed by atoms with E-state index in [1.165, 1.54) is 38.6 Å². The van der Waals surface area contributed by atoms with Gasteiger partial charge in [0.15, 0.2) is 11.5 Å². The Bertz CT molecular complexity index is 996. The smallest absolute Gasteiger partial charge is 0.416 e. The van der Waals surface area contributed by atoms with Gasteiger partial charge < -0.3 is 14.2 Å². The molecule has 0 aliphatic carbocycles. The van der Waals surface area contributed by atoms with Gasteiger partial charge in [0.25, 0.3) is 0 Å². The molecule has 0 amide bonds. The van der Waals surface area contributed by atoms with Crippen LogP contribution in [0.1, 0.15) is 24.5 Å². The zero-order valence-corrected chi connectivity index (χ0v) is 16.6. The molecule has 8 heteroatoms. The monoisotopic (exact) mass is 419 g/mol. The lowest BCUT2D eigenvalue weighted by atomic mass is 9.87. The minimum Gasteiger partial charge on any atom is -0.493 e. The number of nitrogens with zero attached hydrogens (tertiary/aromatic N) is 1. The number of hydrogen-bond donors (Lipinski definition) is 0. The van der Waals surface area contributed by atoms with Gasteiger partial charge in [-0.15, -0.1) is 0 Å². The van der Waals surface area contributed by atoms with Gasteiger partial charge in [0, 0.05) is 12.3 Å². The standard InChI is InChI=1S/C22H20F3NO4/c1-4-21(15-5-7-16(8-6-15)22(23,24)25)12-14(13-26-21)20(27)30-17-9-10-18(28-2)19(11-17)29-3/h5-13H,4H2,1-3H3. The van der Waals surface area contributed by atoms with Gasteiger partial charge in [-0.1, -0.05) is 19.1 Å². The lowest BCUT2D eigenvalue weighted by Crippen LogP contribution is -2.19. The van der Waals surface area contributed by atoms with Crippen LogP contribution in [0.3, 0.4) is 0 Å². The van der Waals surface area contributed by atoms with Crippen LogP contribution in [0.5, 0.6) is 17.2 Å². The number of carbonyl (C=O) groups is 1. The molecule has 158 valence electrons. The summed E-state index contributed by atoms with van der Waals surface area (Å²) in [5.41, 5.74) is -0.887. The summed E-state index contributed by atoms with van der Waals surface area (Å²) in [6, 6.07) is 9.47. The molecule has 0 spiro atoms. The zero-order valence-electron chi connectivity index (χ0n) is 16.6. The maximum Gasteiger partial charge on any atom is 0.416 e. The number of esters is 1. The average Bonchev–Trinajstić information content (AvgIpc) is 3.19. The van der Waals surface area contributed by atoms with Gasteiger partial charge in [-0.25, -0.2) is 4.79 Å². The fourth-order valence-corrected chi connectivity index (χ4v) is 3.18. The second kappa shape index (κ2) is 8.22. The van der Waals surface area contributed by atoms with E-state index >= 15 is 0 Å². The second-order valence-corrected chi connectivity index (χ2v) is 6.62. The highest BCUT2D eigenvalue weighted by Crippen LogP contribution is 2.38. The van der Waals surface area contributed by atoms with Crippen molar-refractivity contribution in [2.75, 3.05) is 14.2 Å². The number of carbonyl (C=O) groups excluding carboxylic acids is 1. The Hall–Kier alpha value is -3.29. The summed E-state index contributed by atoms with van der Waals surface area (Å²) in [6.45, 7) is 1.84. The van der Waals surface area contributed by atoms with Crippen molar-refractivity contribution in [2.24, 2.45) is 4.99 Å². The summed E-state index contributed by atoms with van der Waals surface area (Å²) in [6.07, 6.45) is -0.966. The third-order valence-corrected chi connectivity index (χ3v) is 4.88. The van der Waals surface area contributed by atoms with Gasteiger partial charge in [0.2, 0.25) is 0 Å². The quantitative estimate of drug-likeness (QED) is 0.491. The van der Waals surface area contributed by atoms with Crippen molar-refractivity contribution in [3.8, 4) is 17.2 Å². The van der Waals surface area contributed by atoms with Gasteiger partial charge in [-0.2, -0.15) is 13.2 Å². The molecule has 2 aromatic rings. The van der Waals surface area contributed by atoms with Crippen molar-refractivity contribution < 1.29 is 32.2 Å². The van der Waals surface area contributed by atoms with Crippen LogP contribution in [-0.2, 0) is 16.5 Å². The first-order valence-corrected chi connectivity index (χ1v) is 9.12. The third-order valence-electron chi connectivity index (χ3n) is 4.88. The molecule has 1 unspecified atom stereocenters. The lowest BCUT2D eigenvalue weighted by Gasteiger charge is -2.23. The number of methoxy groups -OCH3 is 2. The molecule has 1 aliphatic rings. The molecule has 0 saturated heterocycles. The van der Waals surface area contributed by atoms with Crippen molar-refractivity contribution in [1.82, 2.24) is 0 Å². The van der Waals surface area contributed by atoms with E-state index < -0.39 is 23.2 Å². The lowest BCUT2D eigenvalue weighted by molar-refractivity contribution is -0.137. The van der Waals surface area contributed by atoms with Crippen LogP contribution >= 0.6 is 0 Å². The molecule has 0 N–H and O–H groups in total. The zero-order chi connectivity index (χ0) is 21.9. The van der Waals surface area contributed by atoms with Gasteiger partial charge >= 0.3 is 12.1 Å². The Balaban J connectivity index is 1.83. The number of alkyl halides is 3. The Morgan fingerprint density at radius 1 is 1.03 bits per heavy atom. The molecule has 0 aromatic heterocycles. The number of aliphatic imine (C=N–C) groups is 1. The fraction of sp³-hybridized carbons (Fsp3) is 0.273. The molecule has 0 bridgehead atoms. The minimum atomic E-state index is -4.42. The van der Waals surface area contributed by atoms with E-state index in [2.05, 4.69) is 4.99 Å². The van der Waals surface area contributed by atoms with Gasteiger partial charge in [-0.3, -0.25) is 4.99 Å².